The van der Waals surface area contributed by atoms with Gasteiger partial charge in [-0.05, 0) is 75.4 Å². The van der Waals surface area contributed by atoms with E-state index in [1.165, 1.54) is 40.5 Å². The van der Waals surface area contributed by atoms with E-state index in [0.29, 0.717) is 23.1 Å². The van der Waals surface area contributed by atoms with E-state index in [1.54, 1.807) is 32.2 Å². The highest BCUT2D eigenvalue weighted by Crippen LogP contribution is 2.33. The normalized spacial score (nSPS) is 11.8. The average Bonchev–Trinajstić information content (AvgIpc) is 3.46. The Morgan fingerprint density at radius 2 is 1.91 bits per heavy atom. The molecular weight excluding hydrogens is 460 g/mol. The van der Waals surface area contributed by atoms with Crippen molar-refractivity contribution in [2.75, 3.05) is 11.5 Å². The molecule has 2 heterocycles. The highest BCUT2D eigenvalue weighted by molar-refractivity contribution is 7.92. The second-order valence-electron chi connectivity index (χ2n) is 7.65. The SMILES string of the molecule is CCOc1ccc2nc(N(Cc3ccco3)C(=O)c3ccc(S(=O)(=O)C(C)C)cc3)sc2c1. The number of rotatable bonds is 8. The summed E-state index contributed by atoms with van der Waals surface area (Å²) < 4.78 is 36.8. The van der Waals surface area contributed by atoms with Crippen LogP contribution in [0.4, 0.5) is 5.13 Å². The molecule has 9 heteroatoms. The molecule has 0 bridgehead atoms. The third-order valence-corrected chi connectivity index (χ3v) is 8.29. The molecule has 0 spiro atoms. The van der Waals surface area contributed by atoms with E-state index < -0.39 is 15.1 Å². The number of hydrogen-bond donors (Lipinski definition) is 0. The Labute approximate surface area is 196 Å². The topological polar surface area (TPSA) is 89.7 Å². The molecular formula is C24H24N2O5S2. The van der Waals surface area contributed by atoms with E-state index in [2.05, 4.69) is 4.98 Å². The Kier molecular flexibility index (Phi) is 6.53. The molecule has 1 amide bonds. The van der Waals surface area contributed by atoms with Gasteiger partial charge in [-0.3, -0.25) is 9.69 Å². The number of thiazole rings is 1. The maximum atomic E-state index is 13.5. The number of carbonyl (C=O) groups is 1. The van der Waals surface area contributed by atoms with Gasteiger partial charge >= 0.3 is 0 Å². The predicted molar refractivity (Wildman–Crippen MR) is 129 cm³/mol. The number of ether oxygens (including phenoxy) is 1. The summed E-state index contributed by atoms with van der Waals surface area (Å²) in [6.45, 7) is 5.93. The molecule has 0 radical (unpaired) electrons. The fraction of sp³-hybridized carbons (Fsp3) is 0.250. The number of hydrogen-bond acceptors (Lipinski definition) is 7. The van der Waals surface area contributed by atoms with Crippen molar-refractivity contribution in [2.24, 2.45) is 0 Å². The number of anilines is 1. The second-order valence-corrected chi connectivity index (χ2v) is 11.2. The number of sulfone groups is 1. The average molecular weight is 485 g/mol. The van der Waals surface area contributed by atoms with Crippen molar-refractivity contribution >= 4 is 42.4 Å². The summed E-state index contributed by atoms with van der Waals surface area (Å²) >= 11 is 1.38. The highest BCUT2D eigenvalue weighted by atomic mass is 32.2. The van der Waals surface area contributed by atoms with Crippen molar-refractivity contribution < 1.29 is 22.4 Å². The monoisotopic (exact) mass is 484 g/mol. The molecule has 0 N–H and O–H groups in total. The maximum absolute atomic E-state index is 13.5. The lowest BCUT2D eigenvalue weighted by molar-refractivity contribution is 0.0983. The smallest absolute Gasteiger partial charge is 0.260 e. The van der Waals surface area contributed by atoms with Crippen LogP contribution in [0.5, 0.6) is 5.75 Å². The molecule has 2 aromatic carbocycles. The first kappa shape index (κ1) is 23.0. The lowest BCUT2D eigenvalue weighted by Gasteiger charge is -2.19. The summed E-state index contributed by atoms with van der Waals surface area (Å²) in [6, 6.07) is 15.2. The minimum Gasteiger partial charge on any atom is -0.494 e. The number of aromatic nitrogens is 1. The van der Waals surface area contributed by atoms with Crippen LogP contribution in [0.25, 0.3) is 10.2 Å². The van der Waals surface area contributed by atoms with Gasteiger partial charge in [0.2, 0.25) is 0 Å². The Bertz CT molecular complexity index is 1360. The van der Waals surface area contributed by atoms with Gasteiger partial charge in [0.05, 0.1) is 39.8 Å². The molecule has 0 saturated carbocycles. The summed E-state index contributed by atoms with van der Waals surface area (Å²) in [5, 5.41) is -0.0299. The number of fused-ring (bicyclic) bond motifs is 1. The van der Waals surface area contributed by atoms with Crippen LogP contribution in [0.2, 0.25) is 0 Å². The van der Waals surface area contributed by atoms with Crippen molar-refractivity contribution in [2.45, 2.75) is 37.5 Å². The maximum Gasteiger partial charge on any atom is 0.260 e. The summed E-state index contributed by atoms with van der Waals surface area (Å²) in [5.74, 6) is 1.05. The van der Waals surface area contributed by atoms with E-state index in [1.807, 2.05) is 25.1 Å². The number of amides is 1. The predicted octanol–water partition coefficient (Wildman–Crippen LogP) is 5.32. The molecule has 7 nitrogen and oxygen atoms in total. The summed E-state index contributed by atoms with van der Waals surface area (Å²) in [4.78, 5) is 19.9. The van der Waals surface area contributed by atoms with Gasteiger partial charge in [-0.25, -0.2) is 13.4 Å². The van der Waals surface area contributed by atoms with Crippen molar-refractivity contribution in [3.8, 4) is 5.75 Å². The molecule has 33 heavy (non-hydrogen) atoms. The zero-order chi connectivity index (χ0) is 23.6. The quantitative estimate of drug-likeness (QED) is 0.336. The van der Waals surface area contributed by atoms with Crippen molar-refractivity contribution in [1.29, 1.82) is 0 Å². The number of benzene rings is 2. The van der Waals surface area contributed by atoms with Gasteiger partial charge in [0.1, 0.15) is 11.5 Å². The first-order valence-electron chi connectivity index (χ1n) is 10.5. The van der Waals surface area contributed by atoms with Gasteiger partial charge in [-0.2, -0.15) is 0 Å². The van der Waals surface area contributed by atoms with Gasteiger partial charge < -0.3 is 9.15 Å². The molecule has 0 aliphatic rings. The van der Waals surface area contributed by atoms with Gasteiger partial charge in [0, 0.05) is 5.56 Å². The van der Waals surface area contributed by atoms with Gasteiger partial charge in [-0.15, -0.1) is 0 Å². The van der Waals surface area contributed by atoms with Crippen molar-refractivity contribution in [3.05, 3.63) is 72.2 Å². The zero-order valence-corrected chi connectivity index (χ0v) is 20.2. The number of furan rings is 1. The fourth-order valence-corrected chi connectivity index (χ4v) is 5.32. The Morgan fingerprint density at radius 3 is 2.55 bits per heavy atom. The van der Waals surface area contributed by atoms with Crippen LogP contribution in [-0.2, 0) is 16.4 Å². The molecule has 2 aromatic heterocycles. The van der Waals surface area contributed by atoms with Gasteiger partial charge in [0.15, 0.2) is 15.0 Å². The molecule has 0 atom stereocenters. The minimum absolute atomic E-state index is 0.190. The molecule has 0 aliphatic heterocycles. The number of nitrogens with zero attached hydrogens (tertiary/aromatic N) is 2. The summed E-state index contributed by atoms with van der Waals surface area (Å²) in [5.41, 5.74) is 1.12. The Balaban J connectivity index is 1.70. The third kappa shape index (κ3) is 4.79. The van der Waals surface area contributed by atoms with E-state index >= 15 is 0 Å². The molecule has 0 unspecified atom stereocenters. The van der Waals surface area contributed by atoms with Crippen LogP contribution >= 0.6 is 11.3 Å². The molecule has 4 aromatic rings. The van der Waals surface area contributed by atoms with E-state index in [0.717, 1.165) is 16.0 Å². The van der Waals surface area contributed by atoms with Crippen LogP contribution in [0.3, 0.4) is 0 Å². The Hall–Kier alpha value is -3.17. The van der Waals surface area contributed by atoms with Gasteiger partial charge in [0.25, 0.3) is 5.91 Å². The molecule has 4 rings (SSSR count). The second kappa shape index (κ2) is 9.36. The molecule has 0 saturated heterocycles. The van der Waals surface area contributed by atoms with E-state index in [4.69, 9.17) is 9.15 Å². The lowest BCUT2D eigenvalue weighted by atomic mass is 10.2. The summed E-state index contributed by atoms with van der Waals surface area (Å²) in [6.07, 6.45) is 1.55. The minimum atomic E-state index is -3.42. The first-order valence-corrected chi connectivity index (χ1v) is 12.9. The zero-order valence-electron chi connectivity index (χ0n) is 18.5. The fourth-order valence-electron chi connectivity index (χ4n) is 3.26. The van der Waals surface area contributed by atoms with Crippen LogP contribution in [0.15, 0.2) is 70.2 Å². The number of carbonyl (C=O) groups excluding carboxylic acids is 1. The van der Waals surface area contributed by atoms with Crippen LogP contribution in [0.1, 0.15) is 36.9 Å². The summed E-state index contributed by atoms with van der Waals surface area (Å²) in [7, 11) is -3.42. The van der Waals surface area contributed by atoms with Crippen LogP contribution < -0.4 is 9.64 Å². The molecule has 172 valence electrons. The standard InChI is InChI=1S/C24H24N2O5S2/c1-4-30-18-9-12-21-22(14-18)32-24(25-21)26(15-19-6-5-13-31-19)23(27)17-7-10-20(11-8-17)33(28,29)16(2)3/h5-14,16H,4,15H2,1-3H3. The third-order valence-electron chi connectivity index (χ3n) is 5.08. The van der Waals surface area contributed by atoms with Crippen molar-refractivity contribution in [3.63, 3.8) is 0 Å². The van der Waals surface area contributed by atoms with E-state index in [-0.39, 0.29) is 17.3 Å². The molecule has 0 aliphatic carbocycles. The van der Waals surface area contributed by atoms with Gasteiger partial charge in [-0.1, -0.05) is 11.3 Å². The van der Waals surface area contributed by atoms with E-state index in [9.17, 15) is 13.2 Å². The molecule has 0 fully saturated rings. The Morgan fingerprint density at radius 1 is 1.15 bits per heavy atom. The largest absolute Gasteiger partial charge is 0.494 e. The lowest BCUT2D eigenvalue weighted by Crippen LogP contribution is -2.30. The van der Waals surface area contributed by atoms with Crippen LogP contribution in [-0.4, -0.2) is 31.2 Å². The van der Waals surface area contributed by atoms with Crippen LogP contribution in [0, 0.1) is 0 Å². The van der Waals surface area contributed by atoms with Crippen molar-refractivity contribution in [1.82, 2.24) is 4.98 Å². The highest BCUT2D eigenvalue weighted by Gasteiger charge is 2.24. The first-order chi connectivity index (χ1) is 15.8.